The summed E-state index contributed by atoms with van der Waals surface area (Å²) in [5, 5.41) is 12.6. The standard InChI is InChI=1S/C25H36N6O2S/c1-19(23(32)26-20-9-11-21(12-10-20)29-13-3-2-4-14-29)34-25-28-27-24(30-15-5-6-16-30)31(25)18-22-8-7-17-33-22/h9-12,19,22H,2-8,13-18H2,1H3,(H,26,32)/t19-,22-/m1/s1. The Bertz CT molecular complexity index is 947. The zero-order valence-electron chi connectivity index (χ0n) is 20.1. The molecule has 3 aliphatic heterocycles. The van der Waals surface area contributed by atoms with Crippen LogP contribution in [0.3, 0.4) is 0 Å². The Morgan fingerprint density at radius 1 is 1.03 bits per heavy atom. The predicted octanol–water partition coefficient (Wildman–Crippen LogP) is 4.17. The van der Waals surface area contributed by atoms with Gasteiger partial charge in [-0.2, -0.15) is 0 Å². The third kappa shape index (κ3) is 5.51. The average molecular weight is 485 g/mol. The summed E-state index contributed by atoms with van der Waals surface area (Å²) >= 11 is 1.47. The molecule has 3 fully saturated rings. The van der Waals surface area contributed by atoms with Crippen LogP contribution in [0.15, 0.2) is 29.4 Å². The Morgan fingerprint density at radius 2 is 1.74 bits per heavy atom. The molecule has 2 atom stereocenters. The molecule has 9 heteroatoms. The molecule has 0 bridgehead atoms. The second kappa shape index (κ2) is 11.0. The zero-order valence-corrected chi connectivity index (χ0v) is 20.9. The minimum atomic E-state index is -0.291. The number of hydrogen-bond donors (Lipinski definition) is 1. The first kappa shape index (κ1) is 23.5. The fraction of sp³-hybridized carbons (Fsp3) is 0.640. The Hall–Kier alpha value is -2.26. The lowest BCUT2D eigenvalue weighted by Crippen LogP contribution is -2.29. The highest BCUT2D eigenvalue weighted by Crippen LogP contribution is 2.30. The van der Waals surface area contributed by atoms with Crippen molar-refractivity contribution in [1.29, 1.82) is 0 Å². The topological polar surface area (TPSA) is 75.5 Å². The molecule has 1 amide bonds. The molecular weight excluding hydrogens is 448 g/mol. The summed E-state index contributed by atoms with van der Waals surface area (Å²) < 4.78 is 8.07. The number of nitrogens with one attached hydrogen (secondary N) is 1. The molecule has 8 nitrogen and oxygen atoms in total. The third-order valence-electron chi connectivity index (χ3n) is 7.00. The molecule has 0 aliphatic carbocycles. The van der Waals surface area contributed by atoms with Gasteiger partial charge < -0.3 is 19.9 Å². The van der Waals surface area contributed by atoms with Crippen LogP contribution < -0.4 is 15.1 Å². The number of amides is 1. The molecule has 0 radical (unpaired) electrons. The van der Waals surface area contributed by atoms with Crippen molar-refractivity contribution in [1.82, 2.24) is 14.8 Å². The van der Waals surface area contributed by atoms with Gasteiger partial charge in [-0.1, -0.05) is 11.8 Å². The van der Waals surface area contributed by atoms with E-state index in [1.807, 2.05) is 19.1 Å². The molecule has 1 aromatic carbocycles. The van der Waals surface area contributed by atoms with E-state index >= 15 is 0 Å². The number of carbonyl (C=O) groups is 1. The summed E-state index contributed by atoms with van der Waals surface area (Å²) in [4.78, 5) is 17.7. The maximum absolute atomic E-state index is 13.0. The van der Waals surface area contributed by atoms with Gasteiger partial charge in [0.25, 0.3) is 0 Å². The van der Waals surface area contributed by atoms with E-state index in [4.69, 9.17) is 4.74 Å². The lowest BCUT2D eigenvalue weighted by molar-refractivity contribution is -0.115. The summed E-state index contributed by atoms with van der Waals surface area (Å²) in [6.45, 7) is 7.76. The number of benzene rings is 1. The Labute approximate surface area is 206 Å². The molecule has 1 N–H and O–H groups in total. The number of nitrogens with zero attached hydrogens (tertiary/aromatic N) is 5. The van der Waals surface area contributed by atoms with Crippen LogP contribution >= 0.6 is 11.8 Å². The van der Waals surface area contributed by atoms with Gasteiger partial charge in [0.1, 0.15) is 0 Å². The molecule has 34 heavy (non-hydrogen) atoms. The first-order chi connectivity index (χ1) is 16.7. The van der Waals surface area contributed by atoms with Crippen molar-refractivity contribution in [2.24, 2.45) is 0 Å². The number of thioether (sulfide) groups is 1. The SMILES string of the molecule is C[C@@H](Sc1nnc(N2CCCC2)n1C[C@H]1CCCO1)C(=O)Nc1ccc(N2CCCCC2)cc1. The van der Waals surface area contributed by atoms with Crippen molar-refractivity contribution in [3.05, 3.63) is 24.3 Å². The number of ether oxygens (including phenoxy) is 1. The fourth-order valence-electron chi connectivity index (χ4n) is 5.03. The second-order valence-corrected chi connectivity index (χ2v) is 10.9. The van der Waals surface area contributed by atoms with Crippen LogP contribution in [0, 0.1) is 0 Å². The highest BCUT2D eigenvalue weighted by molar-refractivity contribution is 8.00. The Morgan fingerprint density at radius 3 is 2.44 bits per heavy atom. The lowest BCUT2D eigenvalue weighted by atomic mass is 10.1. The number of rotatable bonds is 8. The molecule has 2 aromatic rings. The normalized spacial score (nSPS) is 21.7. The van der Waals surface area contributed by atoms with Crippen molar-refractivity contribution in [2.75, 3.05) is 47.9 Å². The van der Waals surface area contributed by atoms with Gasteiger partial charge in [-0.3, -0.25) is 9.36 Å². The molecule has 5 rings (SSSR count). The Kier molecular flexibility index (Phi) is 7.59. The molecule has 0 unspecified atom stereocenters. The lowest BCUT2D eigenvalue weighted by Gasteiger charge is -2.28. The van der Waals surface area contributed by atoms with Crippen LogP contribution in [0.4, 0.5) is 17.3 Å². The van der Waals surface area contributed by atoms with E-state index in [9.17, 15) is 4.79 Å². The van der Waals surface area contributed by atoms with Crippen LogP contribution in [0.2, 0.25) is 0 Å². The first-order valence-electron chi connectivity index (χ1n) is 12.8. The third-order valence-corrected chi connectivity index (χ3v) is 8.08. The van der Waals surface area contributed by atoms with E-state index < -0.39 is 0 Å². The van der Waals surface area contributed by atoms with Gasteiger partial charge in [-0.15, -0.1) is 10.2 Å². The van der Waals surface area contributed by atoms with Crippen LogP contribution in [0.1, 0.15) is 51.9 Å². The first-order valence-corrected chi connectivity index (χ1v) is 13.7. The zero-order chi connectivity index (χ0) is 23.3. The minimum Gasteiger partial charge on any atom is -0.376 e. The van der Waals surface area contributed by atoms with Crippen LogP contribution in [-0.4, -0.2) is 64.8 Å². The molecule has 1 aromatic heterocycles. The fourth-order valence-corrected chi connectivity index (χ4v) is 5.89. The van der Waals surface area contributed by atoms with Gasteiger partial charge in [0.05, 0.1) is 17.9 Å². The van der Waals surface area contributed by atoms with Crippen molar-refractivity contribution in [3.63, 3.8) is 0 Å². The van der Waals surface area contributed by atoms with Gasteiger partial charge in [-0.25, -0.2) is 0 Å². The van der Waals surface area contributed by atoms with Crippen molar-refractivity contribution in [3.8, 4) is 0 Å². The summed E-state index contributed by atoms with van der Waals surface area (Å²) in [6, 6.07) is 8.23. The summed E-state index contributed by atoms with van der Waals surface area (Å²) in [6.07, 6.45) is 8.55. The average Bonchev–Trinajstić information content (AvgIpc) is 3.64. The molecule has 0 spiro atoms. The second-order valence-electron chi connectivity index (χ2n) is 9.57. The number of piperidine rings is 1. The largest absolute Gasteiger partial charge is 0.376 e. The predicted molar refractivity (Wildman–Crippen MR) is 137 cm³/mol. The highest BCUT2D eigenvalue weighted by Gasteiger charge is 2.27. The molecule has 3 aliphatic rings. The maximum atomic E-state index is 13.0. The van der Waals surface area contributed by atoms with Crippen LogP contribution in [-0.2, 0) is 16.1 Å². The quantitative estimate of drug-likeness (QED) is 0.564. The van der Waals surface area contributed by atoms with Gasteiger partial charge in [0, 0.05) is 44.2 Å². The number of anilines is 3. The summed E-state index contributed by atoms with van der Waals surface area (Å²) in [7, 11) is 0. The van der Waals surface area contributed by atoms with E-state index in [1.54, 1.807) is 0 Å². The molecule has 0 saturated carbocycles. The van der Waals surface area contributed by atoms with Gasteiger partial charge in [0.15, 0.2) is 5.16 Å². The van der Waals surface area contributed by atoms with Crippen molar-refractivity contribution >= 4 is 35.0 Å². The van der Waals surface area contributed by atoms with Crippen molar-refractivity contribution < 1.29 is 9.53 Å². The Balaban J connectivity index is 1.23. The van der Waals surface area contributed by atoms with Gasteiger partial charge in [-0.05, 0) is 76.1 Å². The summed E-state index contributed by atoms with van der Waals surface area (Å²) in [5.41, 5.74) is 2.06. The number of aromatic nitrogens is 3. The molecule has 184 valence electrons. The van der Waals surface area contributed by atoms with E-state index in [0.29, 0.717) is 0 Å². The minimum absolute atomic E-state index is 0.0230. The molecular formula is C25H36N6O2S. The molecule has 3 saturated heterocycles. The number of hydrogen-bond acceptors (Lipinski definition) is 7. The monoisotopic (exact) mass is 484 g/mol. The maximum Gasteiger partial charge on any atom is 0.237 e. The van der Waals surface area contributed by atoms with Crippen LogP contribution in [0.25, 0.3) is 0 Å². The smallest absolute Gasteiger partial charge is 0.237 e. The molecule has 4 heterocycles. The van der Waals surface area contributed by atoms with E-state index in [-0.39, 0.29) is 17.3 Å². The van der Waals surface area contributed by atoms with Gasteiger partial charge >= 0.3 is 0 Å². The van der Waals surface area contributed by atoms with Gasteiger partial charge in [0.2, 0.25) is 11.9 Å². The van der Waals surface area contributed by atoms with Crippen LogP contribution in [0.5, 0.6) is 0 Å². The highest BCUT2D eigenvalue weighted by atomic mass is 32.2. The summed E-state index contributed by atoms with van der Waals surface area (Å²) in [5.74, 6) is 0.890. The van der Waals surface area contributed by atoms with E-state index in [1.165, 1.54) is 49.6 Å². The van der Waals surface area contributed by atoms with E-state index in [2.05, 4.69) is 42.0 Å². The van der Waals surface area contributed by atoms with E-state index in [0.717, 1.165) is 69.0 Å². The van der Waals surface area contributed by atoms with Crippen molar-refractivity contribution in [2.45, 2.75) is 74.9 Å². The number of carbonyl (C=O) groups excluding carboxylic acids is 1.